The molecular weight excluding hydrogens is 332 g/mol. The summed E-state index contributed by atoms with van der Waals surface area (Å²) in [5.41, 5.74) is 2.40. The van der Waals surface area contributed by atoms with Crippen LogP contribution in [0.25, 0.3) is 10.8 Å². The van der Waals surface area contributed by atoms with Crippen molar-refractivity contribution in [3.8, 4) is 11.8 Å². The predicted molar refractivity (Wildman–Crippen MR) is 102 cm³/mol. The van der Waals surface area contributed by atoms with Crippen LogP contribution in [0.15, 0.2) is 60.7 Å². The molecule has 0 atom stereocenters. The summed E-state index contributed by atoms with van der Waals surface area (Å²) in [5, 5.41) is 23.1. The highest BCUT2D eigenvalue weighted by Crippen LogP contribution is 2.29. The van der Waals surface area contributed by atoms with Gasteiger partial charge in [-0.05, 0) is 29.8 Å². The molecule has 0 heterocycles. The van der Waals surface area contributed by atoms with E-state index < -0.39 is 0 Å². The van der Waals surface area contributed by atoms with Crippen LogP contribution in [0.4, 0.5) is 5.69 Å². The second kappa shape index (κ2) is 7.73. The number of phenols is 1. The smallest absolute Gasteiger partial charge is 0.234 e. The van der Waals surface area contributed by atoms with Gasteiger partial charge in [0.15, 0.2) is 0 Å². The van der Waals surface area contributed by atoms with Gasteiger partial charge in [-0.25, -0.2) is 0 Å². The van der Waals surface area contributed by atoms with Gasteiger partial charge in [0.05, 0.1) is 17.4 Å². The van der Waals surface area contributed by atoms with E-state index in [2.05, 4.69) is 11.4 Å². The van der Waals surface area contributed by atoms with E-state index in [4.69, 9.17) is 5.26 Å². The Balaban J connectivity index is 1.59. The lowest BCUT2D eigenvalue weighted by atomic mass is 10.1. The molecule has 0 aliphatic rings. The van der Waals surface area contributed by atoms with Gasteiger partial charge in [0.2, 0.25) is 5.91 Å². The molecule has 3 rings (SSSR count). The predicted octanol–water partition coefficient (Wildman–Crippen LogP) is 4.29. The number of phenolic OH excluding ortho intramolecular Hbond substituents is 1. The van der Waals surface area contributed by atoms with Gasteiger partial charge >= 0.3 is 0 Å². The Morgan fingerprint density at radius 2 is 1.76 bits per heavy atom. The molecule has 0 unspecified atom stereocenters. The number of carbonyl (C=O) groups is 1. The number of amides is 1. The zero-order valence-electron chi connectivity index (χ0n) is 13.4. The molecule has 3 aromatic rings. The Hall–Kier alpha value is -2.97. The lowest BCUT2D eigenvalue weighted by molar-refractivity contribution is -0.113. The van der Waals surface area contributed by atoms with Crippen molar-refractivity contribution in [2.45, 2.75) is 5.75 Å². The first-order valence-corrected chi connectivity index (χ1v) is 8.90. The van der Waals surface area contributed by atoms with Crippen LogP contribution in [0.3, 0.4) is 0 Å². The third kappa shape index (κ3) is 4.11. The Labute approximate surface area is 150 Å². The number of nitrogens with zero attached hydrogens (tertiary/aromatic N) is 1. The van der Waals surface area contributed by atoms with Crippen molar-refractivity contribution in [3.63, 3.8) is 0 Å². The van der Waals surface area contributed by atoms with Crippen molar-refractivity contribution in [2.75, 3.05) is 11.1 Å². The second-order valence-corrected chi connectivity index (χ2v) is 6.51. The van der Waals surface area contributed by atoms with Crippen molar-refractivity contribution in [1.82, 2.24) is 0 Å². The van der Waals surface area contributed by atoms with E-state index in [9.17, 15) is 9.90 Å². The number of hydrogen-bond acceptors (Lipinski definition) is 4. The molecule has 5 heteroatoms. The first-order chi connectivity index (χ1) is 12.2. The molecule has 0 aromatic heterocycles. The molecule has 2 N–H and O–H groups in total. The van der Waals surface area contributed by atoms with Gasteiger partial charge in [0, 0.05) is 22.2 Å². The summed E-state index contributed by atoms with van der Waals surface area (Å²) in [4.78, 5) is 12.2. The third-order valence-electron chi connectivity index (χ3n) is 3.76. The summed E-state index contributed by atoms with van der Waals surface area (Å²) < 4.78 is 0. The van der Waals surface area contributed by atoms with Crippen LogP contribution in [0, 0.1) is 11.3 Å². The maximum absolute atomic E-state index is 12.2. The maximum atomic E-state index is 12.2. The van der Waals surface area contributed by atoms with Gasteiger partial charge in [0.25, 0.3) is 0 Å². The van der Waals surface area contributed by atoms with Crippen molar-refractivity contribution < 1.29 is 9.90 Å². The summed E-state index contributed by atoms with van der Waals surface area (Å²) in [7, 11) is 0. The first kappa shape index (κ1) is 16.9. The second-order valence-electron chi connectivity index (χ2n) is 5.53. The molecule has 0 aliphatic carbocycles. The Bertz CT molecular complexity index is 946. The first-order valence-electron chi connectivity index (χ1n) is 7.75. The summed E-state index contributed by atoms with van der Waals surface area (Å²) in [6.07, 6.45) is 0. The summed E-state index contributed by atoms with van der Waals surface area (Å²) >= 11 is 1.51. The number of benzene rings is 3. The summed E-state index contributed by atoms with van der Waals surface area (Å²) in [6.45, 7) is 0. The number of carbonyl (C=O) groups excluding carboxylic acids is 1. The van der Waals surface area contributed by atoms with Crippen LogP contribution in [0.5, 0.6) is 5.75 Å². The van der Waals surface area contributed by atoms with Gasteiger partial charge in [-0.2, -0.15) is 5.26 Å². The van der Waals surface area contributed by atoms with Crippen LogP contribution in [-0.4, -0.2) is 16.8 Å². The fourth-order valence-electron chi connectivity index (χ4n) is 2.53. The van der Waals surface area contributed by atoms with E-state index in [0.29, 0.717) is 28.1 Å². The minimum atomic E-state index is -0.0884. The third-order valence-corrected chi connectivity index (χ3v) is 4.76. The van der Waals surface area contributed by atoms with E-state index in [1.54, 1.807) is 24.3 Å². The lowest BCUT2D eigenvalue weighted by Crippen LogP contribution is -2.14. The van der Waals surface area contributed by atoms with Crippen molar-refractivity contribution in [2.24, 2.45) is 0 Å². The number of thioether (sulfide) groups is 1. The zero-order valence-corrected chi connectivity index (χ0v) is 14.2. The molecule has 0 radical (unpaired) electrons. The molecule has 1 amide bonds. The van der Waals surface area contributed by atoms with E-state index in [1.807, 2.05) is 36.4 Å². The Morgan fingerprint density at radius 1 is 1.04 bits per heavy atom. The number of nitrogens with one attached hydrogen (secondary N) is 1. The lowest BCUT2D eigenvalue weighted by Gasteiger charge is -2.09. The minimum Gasteiger partial charge on any atom is -0.507 e. The zero-order chi connectivity index (χ0) is 17.6. The highest BCUT2D eigenvalue weighted by molar-refractivity contribution is 7.99. The maximum Gasteiger partial charge on any atom is 0.234 e. The van der Waals surface area contributed by atoms with Crippen LogP contribution in [0.1, 0.15) is 11.1 Å². The molecular formula is C20H16N2O2S. The topological polar surface area (TPSA) is 73.1 Å². The highest BCUT2D eigenvalue weighted by atomic mass is 32.2. The molecule has 0 fully saturated rings. The Kier molecular flexibility index (Phi) is 5.22. The van der Waals surface area contributed by atoms with Gasteiger partial charge in [-0.1, -0.05) is 36.4 Å². The monoisotopic (exact) mass is 348 g/mol. The summed E-state index contributed by atoms with van der Waals surface area (Å²) in [5.74, 6) is 1.14. The van der Waals surface area contributed by atoms with E-state index in [0.717, 1.165) is 10.9 Å². The highest BCUT2D eigenvalue weighted by Gasteiger charge is 2.08. The van der Waals surface area contributed by atoms with E-state index in [1.165, 1.54) is 11.8 Å². The van der Waals surface area contributed by atoms with Crippen molar-refractivity contribution >= 4 is 34.1 Å². The minimum absolute atomic E-state index is 0.0884. The Morgan fingerprint density at radius 3 is 2.52 bits per heavy atom. The fraction of sp³-hybridized carbons (Fsp3) is 0.100. The van der Waals surface area contributed by atoms with Crippen LogP contribution < -0.4 is 5.32 Å². The largest absolute Gasteiger partial charge is 0.507 e. The van der Waals surface area contributed by atoms with Crippen LogP contribution >= 0.6 is 11.8 Å². The van der Waals surface area contributed by atoms with E-state index in [-0.39, 0.29) is 11.7 Å². The molecule has 0 aliphatic heterocycles. The number of anilines is 1. The van der Waals surface area contributed by atoms with Gasteiger partial charge in [-0.15, -0.1) is 11.8 Å². The average molecular weight is 348 g/mol. The molecule has 0 saturated heterocycles. The standard InChI is InChI=1S/C20H16N2O2S/c21-11-14-7-9-15(10-8-14)12-25-13-20(24)22-18-5-1-4-17-16(18)3-2-6-19(17)23/h1-10,23H,12-13H2,(H,22,24). The SMILES string of the molecule is N#Cc1ccc(CSCC(=O)Nc2cccc3c(O)cccc23)cc1. The van der Waals surface area contributed by atoms with Crippen LogP contribution in [-0.2, 0) is 10.5 Å². The van der Waals surface area contributed by atoms with Crippen molar-refractivity contribution in [3.05, 3.63) is 71.8 Å². The van der Waals surface area contributed by atoms with E-state index >= 15 is 0 Å². The number of hydrogen-bond donors (Lipinski definition) is 2. The summed E-state index contributed by atoms with van der Waals surface area (Å²) in [6, 6.07) is 20.1. The number of aromatic hydroxyl groups is 1. The fourth-order valence-corrected chi connectivity index (χ4v) is 3.31. The number of nitriles is 1. The molecule has 0 saturated carbocycles. The van der Waals surface area contributed by atoms with Crippen molar-refractivity contribution in [1.29, 1.82) is 5.26 Å². The van der Waals surface area contributed by atoms with Crippen LogP contribution in [0.2, 0.25) is 0 Å². The van der Waals surface area contributed by atoms with Gasteiger partial charge in [-0.3, -0.25) is 4.79 Å². The molecule has 25 heavy (non-hydrogen) atoms. The van der Waals surface area contributed by atoms with Gasteiger partial charge in [0.1, 0.15) is 5.75 Å². The average Bonchev–Trinajstić information content (AvgIpc) is 2.63. The molecule has 4 nitrogen and oxygen atoms in total. The quantitative estimate of drug-likeness (QED) is 0.721. The number of rotatable bonds is 5. The normalized spacial score (nSPS) is 10.4. The molecule has 3 aromatic carbocycles. The molecule has 0 spiro atoms. The molecule has 0 bridgehead atoms. The number of fused-ring (bicyclic) bond motifs is 1. The van der Waals surface area contributed by atoms with Gasteiger partial charge < -0.3 is 10.4 Å². The molecule has 124 valence electrons.